The third kappa shape index (κ3) is 3.22. The fraction of sp³-hybridized carbons (Fsp3) is 0.200. The Morgan fingerprint density at radius 3 is 2.35 bits per heavy atom. The van der Waals surface area contributed by atoms with Crippen LogP contribution >= 0.6 is 31.9 Å². The van der Waals surface area contributed by atoms with Gasteiger partial charge in [-0.25, -0.2) is 4.39 Å². The first-order chi connectivity index (χ1) is 9.56. The molecule has 0 saturated heterocycles. The number of benzene rings is 2. The zero-order valence-corrected chi connectivity index (χ0v) is 14.3. The molecule has 0 amide bonds. The van der Waals surface area contributed by atoms with Gasteiger partial charge in [0.15, 0.2) is 0 Å². The van der Waals surface area contributed by atoms with Crippen molar-refractivity contribution in [3.8, 4) is 5.75 Å². The molecule has 0 saturated carbocycles. The summed E-state index contributed by atoms with van der Waals surface area (Å²) in [5.74, 6) is 0.217. The summed E-state index contributed by atoms with van der Waals surface area (Å²) >= 11 is 6.94. The van der Waals surface area contributed by atoms with Gasteiger partial charge in [0, 0.05) is 20.6 Å². The maximum absolute atomic E-state index is 14.2. The van der Waals surface area contributed by atoms with Crippen molar-refractivity contribution >= 4 is 31.9 Å². The topological polar surface area (TPSA) is 21.3 Å². The van der Waals surface area contributed by atoms with Crippen LogP contribution in [0.5, 0.6) is 5.75 Å². The van der Waals surface area contributed by atoms with E-state index in [2.05, 4.69) is 37.2 Å². The van der Waals surface area contributed by atoms with Crippen LogP contribution in [-0.2, 0) is 0 Å². The predicted octanol–water partition coefficient (Wildman–Crippen LogP) is 4.67. The molecule has 1 atom stereocenters. The van der Waals surface area contributed by atoms with E-state index < -0.39 is 0 Å². The summed E-state index contributed by atoms with van der Waals surface area (Å²) in [6.45, 7) is 0. The minimum Gasteiger partial charge on any atom is -0.497 e. The summed E-state index contributed by atoms with van der Waals surface area (Å²) in [5.41, 5.74) is 1.55. The summed E-state index contributed by atoms with van der Waals surface area (Å²) in [7, 11) is 3.33. The second-order valence-corrected chi connectivity index (χ2v) is 6.04. The molecular weight excluding hydrogens is 389 g/mol. The Balaban J connectivity index is 2.47. The van der Waals surface area contributed by atoms with Crippen LogP contribution in [0.4, 0.5) is 4.39 Å². The van der Waals surface area contributed by atoms with Crippen LogP contribution < -0.4 is 10.1 Å². The molecule has 2 nitrogen and oxygen atoms in total. The van der Waals surface area contributed by atoms with Crippen molar-refractivity contribution in [1.82, 2.24) is 5.32 Å². The Kier molecular flexibility index (Phi) is 5.18. The largest absolute Gasteiger partial charge is 0.497 e. The number of hydrogen-bond donors (Lipinski definition) is 1. The molecule has 2 aromatic rings. The van der Waals surface area contributed by atoms with Crippen LogP contribution in [0.1, 0.15) is 17.2 Å². The summed E-state index contributed by atoms with van der Waals surface area (Å²) in [6.07, 6.45) is 0. The summed E-state index contributed by atoms with van der Waals surface area (Å²) in [6, 6.07) is 10.5. The van der Waals surface area contributed by atoms with Crippen molar-refractivity contribution in [1.29, 1.82) is 0 Å². The molecule has 0 spiro atoms. The number of halogens is 3. The van der Waals surface area contributed by atoms with Gasteiger partial charge in [0.05, 0.1) is 13.2 Å². The van der Waals surface area contributed by atoms with Crippen molar-refractivity contribution in [3.05, 3.63) is 62.3 Å². The van der Waals surface area contributed by atoms with Gasteiger partial charge in [0.25, 0.3) is 0 Å². The first-order valence-corrected chi connectivity index (χ1v) is 7.61. The van der Waals surface area contributed by atoms with Gasteiger partial charge in [0.2, 0.25) is 0 Å². The number of ether oxygens (including phenoxy) is 1. The van der Waals surface area contributed by atoms with E-state index in [0.717, 1.165) is 14.5 Å². The number of nitrogens with one attached hydrogen (secondary N) is 1. The van der Waals surface area contributed by atoms with Crippen molar-refractivity contribution < 1.29 is 9.13 Å². The molecule has 5 heteroatoms. The molecule has 0 aliphatic rings. The Morgan fingerprint density at radius 1 is 1.10 bits per heavy atom. The van der Waals surface area contributed by atoms with Gasteiger partial charge in [-0.2, -0.15) is 0 Å². The lowest BCUT2D eigenvalue weighted by molar-refractivity contribution is 0.410. The Hall–Kier alpha value is -0.910. The van der Waals surface area contributed by atoms with Gasteiger partial charge in [-0.05, 0) is 30.8 Å². The van der Waals surface area contributed by atoms with Crippen molar-refractivity contribution in [3.63, 3.8) is 0 Å². The van der Waals surface area contributed by atoms with E-state index in [1.54, 1.807) is 12.1 Å². The molecule has 0 aliphatic carbocycles. The molecule has 20 heavy (non-hydrogen) atoms. The van der Waals surface area contributed by atoms with E-state index in [0.29, 0.717) is 11.3 Å². The Bertz CT molecular complexity index is 619. The lowest BCUT2D eigenvalue weighted by Gasteiger charge is -2.20. The van der Waals surface area contributed by atoms with E-state index >= 15 is 0 Å². The van der Waals surface area contributed by atoms with Gasteiger partial charge in [-0.15, -0.1) is 0 Å². The molecular formula is C15H14Br2FNO. The van der Waals surface area contributed by atoms with Gasteiger partial charge < -0.3 is 10.1 Å². The van der Waals surface area contributed by atoms with Crippen LogP contribution in [-0.4, -0.2) is 14.2 Å². The molecule has 1 N–H and O–H groups in total. The van der Waals surface area contributed by atoms with Crippen molar-refractivity contribution in [2.24, 2.45) is 0 Å². The maximum Gasteiger partial charge on any atom is 0.132 e. The zero-order valence-electron chi connectivity index (χ0n) is 11.1. The highest BCUT2D eigenvalue weighted by Gasteiger charge is 2.19. The van der Waals surface area contributed by atoms with Gasteiger partial charge in [0.1, 0.15) is 11.6 Å². The minimum atomic E-state index is -0.293. The highest BCUT2D eigenvalue weighted by molar-refractivity contribution is 9.11. The van der Waals surface area contributed by atoms with Crippen molar-refractivity contribution in [2.75, 3.05) is 14.2 Å². The van der Waals surface area contributed by atoms with E-state index in [4.69, 9.17) is 4.74 Å². The molecule has 0 aliphatic heterocycles. The molecule has 1 unspecified atom stereocenters. The average Bonchev–Trinajstić information content (AvgIpc) is 2.43. The van der Waals surface area contributed by atoms with E-state index in [-0.39, 0.29) is 11.9 Å². The maximum atomic E-state index is 14.2. The third-order valence-electron chi connectivity index (χ3n) is 3.08. The van der Waals surface area contributed by atoms with E-state index in [1.807, 2.05) is 25.2 Å². The lowest BCUT2D eigenvalue weighted by Crippen LogP contribution is -2.19. The fourth-order valence-electron chi connectivity index (χ4n) is 2.08. The second-order valence-electron chi connectivity index (χ2n) is 4.27. The van der Waals surface area contributed by atoms with Crippen LogP contribution in [0.25, 0.3) is 0 Å². The van der Waals surface area contributed by atoms with Gasteiger partial charge in [-0.3, -0.25) is 0 Å². The normalized spacial score (nSPS) is 12.2. The molecule has 0 bridgehead atoms. The number of rotatable bonds is 4. The summed E-state index contributed by atoms with van der Waals surface area (Å²) in [4.78, 5) is 0. The second kappa shape index (κ2) is 6.70. The first-order valence-electron chi connectivity index (χ1n) is 6.02. The molecule has 0 aromatic heterocycles. The summed E-state index contributed by atoms with van der Waals surface area (Å²) < 4.78 is 21.1. The molecule has 106 valence electrons. The first kappa shape index (κ1) is 15.5. The molecule has 2 rings (SSSR count). The smallest absolute Gasteiger partial charge is 0.132 e. The monoisotopic (exact) mass is 401 g/mol. The zero-order chi connectivity index (χ0) is 14.7. The minimum absolute atomic E-state index is 0.233. The number of methoxy groups -OCH3 is 1. The van der Waals surface area contributed by atoms with Gasteiger partial charge in [-0.1, -0.05) is 44.0 Å². The lowest BCUT2D eigenvalue weighted by atomic mass is 9.98. The van der Waals surface area contributed by atoms with Crippen LogP contribution in [0, 0.1) is 5.82 Å². The van der Waals surface area contributed by atoms with Crippen LogP contribution in [0.3, 0.4) is 0 Å². The molecule has 0 radical (unpaired) electrons. The van der Waals surface area contributed by atoms with E-state index in [1.165, 1.54) is 13.2 Å². The molecule has 2 aromatic carbocycles. The third-order valence-corrected chi connectivity index (χ3v) is 4.26. The quantitative estimate of drug-likeness (QED) is 0.802. The average molecular weight is 403 g/mol. The standard InChI is InChI=1S/C15H14Br2FNO/c1-19-15(11-5-3-9(16)7-13(11)17)12-6-4-10(20-2)8-14(12)18/h3-8,15,19H,1-2H3. The predicted molar refractivity (Wildman–Crippen MR) is 85.7 cm³/mol. The number of hydrogen-bond acceptors (Lipinski definition) is 2. The highest BCUT2D eigenvalue weighted by Crippen LogP contribution is 2.32. The van der Waals surface area contributed by atoms with Gasteiger partial charge >= 0.3 is 0 Å². The van der Waals surface area contributed by atoms with Crippen LogP contribution in [0.2, 0.25) is 0 Å². The summed E-state index contributed by atoms with van der Waals surface area (Å²) in [5, 5.41) is 3.15. The van der Waals surface area contributed by atoms with Crippen molar-refractivity contribution in [2.45, 2.75) is 6.04 Å². The fourth-order valence-corrected chi connectivity index (χ4v) is 3.36. The van der Waals surface area contributed by atoms with Crippen LogP contribution in [0.15, 0.2) is 45.3 Å². The highest BCUT2D eigenvalue weighted by atomic mass is 79.9. The Morgan fingerprint density at radius 2 is 1.80 bits per heavy atom. The molecule has 0 fully saturated rings. The Labute approximate surface area is 134 Å². The molecule has 0 heterocycles. The SMILES string of the molecule is CNC(c1ccc(OC)cc1F)c1ccc(Br)cc1Br. The van der Waals surface area contributed by atoms with E-state index in [9.17, 15) is 4.39 Å².